The van der Waals surface area contributed by atoms with E-state index in [-0.39, 0.29) is 19.0 Å². The molecule has 1 heterocycles. The zero-order valence-corrected chi connectivity index (χ0v) is 27.4. The molecule has 0 aliphatic heterocycles. The fraction of sp³-hybridized carbons (Fsp3) is 0.268. The van der Waals surface area contributed by atoms with Crippen LogP contribution in [0.2, 0.25) is 0 Å². The lowest BCUT2D eigenvalue weighted by atomic mass is 9.94. The molecule has 6 heteroatoms. The van der Waals surface area contributed by atoms with Crippen LogP contribution in [-0.4, -0.2) is 39.6 Å². The summed E-state index contributed by atoms with van der Waals surface area (Å²) in [6.07, 6.45) is 4.60. The van der Waals surface area contributed by atoms with Gasteiger partial charge in [0.15, 0.2) is 5.78 Å². The van der Waals surface area contributed by atoms with Crippen molar-refractivity contribution < 1.29 is 19.8 Å². The number of ketones is 1. The highest BCUT2D eigenvalue weighted by Gasteiger charge is 2.22. The molecular weight excluding hydrogens is 584 g/mol. The third kappa shape index (κ3) is 6.26. The van der Waals surface area contributed by atoms with Crippen molar-refractivity contribution in [2.24, 2.45) is 11.1 Å². The Balaban J connectivity index is 1.54. The Kier molecular flexibility index (Phi) is 9.69. The summed E-state index contributed by atoms with van der Waals surface area (Å²) in [5.41, 5.74) is 6.39. The Morgan fingerprint density at radius 1 is 0.851 bits per heavy atom. The van der Waals surface area contributed by atoms with Crippen LogP contribution < -0.4 is 4.74 Å². The Labute approximate surface area is 275 Å². The highest BCUT2D eigenvalue weighted by atomic mass is 16.5. The number of oxime groups is 1. The van der Waals surface area contributed by atoms with Gasteiger partial charge in [0.2, 0.25) is 0 Å². The minimum Gasteiger partial charge on any atom is -0.490 e. The number of ether oxygens (including phenoxy) is 1. The number of fused-ring (bicyclic) bond motifs is 4. The molecule has 5 aromatic carbocycles. The van der Waals surface area contributed by atoms with Crippen LogP contribution >= 0.6 is 0 Å². The molecule has 0 spiro atoms. The van der Waals surface area contributed by atoms with Crippen LogP contribution in [0.3, 0.4) is 0 Å². The molecule has 1 atom stereocenters. The second kappa shape index (κ2) is 14.2. The van der Waals surface area contributed by atoms with E-state index in [9.17, 15) is 15.1 Å². The molecule has 0 bridgehead atoms. The summed E-state index contributed by atoms with van der Waals surface area (Å²) < 4.78 is 8.27. The first kappa shape index (κ1) is 32.0. The van der Waals surface area contributed by atoms with Gasteiger partial charge in [-0.15, -0.1) is 0 Å². The highest BCUT2D eigenvalue weighted by Crippen LogP contribution is 2.36. The van der Waals surface area contributed by atoms with Gasteiger partial charge in [0.05, 0.1) is 12.2 Å². The summed E-state index contributed by atoms with van der Waals surface area (Å²) in [7, 11) is 0. The van der Waals surface area contributed by atoms with E-state index in [0.717, 1.165) is 68.7 Å². The molecule has 6 rings (SSSR count). The molecule has 0 radical (unpaired) electrons. The zero-order valence-electron chi connectivity index (χ0n) is 27.4. The standard InChI is InChI=1S/C41H42N2O4/c1-4-6-12-28(5-2)26-43-36-19-16-30(40(42-46)32-14-9-7-11-27(32)3)24-34(36)35-25-31(17-20-37(35)43)41(45)39-33-15-10-8-13-29(33)18-21-38(39)47-23-22-44/h7-11,13-21,24-25,28,44,46H,4-6,12,22-23,26H2,1-3H3/b42-40-. The molecule has 47 heavy (non-hydrogen) atoms. The van der Waals surface area contributed by atoms with Crippen LogP contribution in [0.5, 0.6) is 5.75 Å². The van der Waals surface area contributed by atoms with Crippen molar-refractivity contribution in [3.63, 3.8) is 0 Å². The average molecular weight is 627 g/mol. The van der Waals surface area contributed by atoms with E-state index >= 15 is 0 Å². The summed E-state index contributed by atoms with van der Waals surface area (Å²) in [5, 5.41) is 27.2. The third-order valence-corrected chi connectivity index (χ3v) is 9.35. The summed E-state index contributed by atoms with van der Waals surface area (Å²) in [6.45, 7) is 7.33. The highest BCUT2D eigenvalue weighted by molar-refractivity contribution is 6.21. The van der Waals surface area contributed by atoms with Gasteiger partial charge < -0.3 is 19.6 Å². The first-order valence-corrected chi connectivity index (χ1v) is 16.6. The van der Waals surface area contributed by atoms with E-state index in [1.54, 1.807) is 0 Å². The van der Waals surface area contributed by atoms with Crippen LogP contribution in [0.1, 0.15) is 72.1 Å². The minimum atomic E-state index is -0.146. The molecule has 0 aliphatic carbocycles. The monoisotopic (exact) mass is 626 g/mol. The fourth-order valence-corrected chi connectivity index (χ4v) is 6.78. The van der Waals surface area contributed by atoms with Crippen molar-refractivity contribution in [3.8, 4) is 5.75 Å². The Bertz CT molecular complexity index is 2090. The molecular formula is C41H42N2O4. The van der Waals surface area contributed by atoms with E-state index in [1.165, 1.54) is 12.8 Å². The minimum absolute atomic E-state index is 0.0974. The number of carbonyl (C=O) groups is 1. The third-order valence-electron chi connectivity index (χ3n) is 9.35. The molecule has 1 aromatic heterocycles. The van der Waals surface area contributed by atoms with Gasteiger partial charge in [-0.3, -0.25) is 4.79 Å². The number of aliphatic hydroxyl groups excluding tert-OH is 1. The maximum absolute atomic E-state index is 14.4. The lowest BCUT2D eigenvalue weighted by Crippen LogP contribution is -2.11. The molecule has 6 nitrogen and oxygen atoms in total. The maximum atomic E-state index is 14.4. The topological polar surface area (TPSA) is 84.0 Å². The smallest absolute Gasteiger partial charge is 0.197 e. The van der Waals surface area contributed by atoms with Crippen LogP contribution in [0.15, 0.2) is 102 Å². The predicted molar refractivity (Wildman–Crippen MR) is 191 cm³/mol. The molecule has 0 saturated carbocycles. The fourth-order valence-electron chi connectivity index (χ4n) is 6.78. The quantitative estimate of drug-likeness (QED) is 0.0579. The second-order valence-electron chi connectivity index (χ2n) is 12.3. The van der Waals surface area contributed by atoms with E-state index in [1.807, 2.05) is 85.8 Å². The average Bonchev–Trinajstić information content (AvgIpc) is 3.41. The van der Waals surface area contributed by atoms with E-state index in [4.69, 9.17) is 4.74 Å². The van der Waals surface area contributed by atoms with E-state index < -0.39 is 0 Å². The van der Waals surface area contributed by atoms with Crippen molar-refractivity contribution in [2.75, 3.05) is 13.2 Å². The van der Waals surface area contributed by atoms with Gasteiger partial charge in [-0.1, -0.05) is 98.9 Å². The molecule has 240 valence electrons. The van der Waals surface area contributed by atoms with Gasteiger partial charge in [-0.05, 0) is 72.0 Å². The molecule has 6 aromatic rings. The number of nitrogens with zero attached hydrogens (tertiary/aromatic N) is 2. The van der Waals surface area contributed by atoms with Crippen LogP contribution in [0.25, 0.3) is 32.6 Å². The molecule has 0 amide bonds. The van der Waals surface area contributed by atoms with Gasteiger partial charge in [0.1, 0.15) is 18.1 Å². The Morgan fingerprint density at radius 3 is 2.26 bits per heavy atom. The number of hydrogen-bond acceptors (Lipinski definition) is 5. The van der Waals surface area contributed by atoms with Crippen molar-refractivity contribution in [1.29, 1.82) is 0 Å². The number of benzene rings is 5. The van der Waals surface area contributed by atoms with Crippen molar-refractivity contribution >= 4 is 44.1 Å². The molecule has 0 saturated heterocycles. The zero-order chi connectivity index (χ0) is 32.9. The van der Waals surface area contributed by atoms with Crippen LogP contribution in [0.4, 0.5) is 0 Å². The van der Waals surface area contributed by atoms with E-state index in [2.05, 4.69) is 41.8 Å². The number of unbranched alkanes of at least 4 members (excludes halogenated alkanes) is 1. The largest absolute Gasteiger partial charge is 0.490 e. The van der Waals surface area contributed by atoms with Crippen molar-refractivity contribution in [3.05, 3.63) is 125 Å². The molecule has 2 N–H and O–H groups in total. The SMILES string of the molecule is CCCCC(CC)Cn1c2ccc(C(=O)c3c(OCCO)ccc4ccccc34)cc2c2cc(/C(=N/O)c3ccccc3C)ccc21. The summed E-state index contributed by atoms with van der Waals surface area (Å²) in [6, 6.07) is 31.7. The summed E-state index contributed by atoms with van der Waals surface area (Å²) in [4.78, 5) is 14.4. The maximum Gasteiger partial charge on any atom is 0.197 e. The van der Waals surface area contributed by atoms with E-state index in [0.29, 0.717) is 28.5 Å². The van der Waals surface area contributed by atoms with Crippen LogP contribution in [-0.2, 0) is 6.54 Å². The first-order chi connectivity index (χ1) is 23.0. The Morgan fingerprint density at radius 2 is 1.55 bits per heavy atom. The van der Waals surface area contributed by atoms with Gasteiger partial charge in [0.25, 0.3) is 0 Å². The molecule has 1 unspecified atom stereocenters. The van der Waals surface area contributed by atoms with Crippen molar-refractivity contribution in [1.82, 2.24) is 4.57 Å². The van der Waals surface area contributed by atoms with Gasteiger partial charge in [-0.2, -0.15) is 0 Å². The number of aromatic nitrogens is 1. The summed E-state index contributed by atoms with van der Waals surface area (Å²) >= 11 is 0. The number of hydrogen-bond donors (Lipinski definition) is 2. The van der Waals surface area contributed by atoms with Gasteiger partial charge in [0, 0.05) is 45.0 Å². The number of carbonyl (C=O) groups excluding carboxylic acids is 1. The summed E-state index contributed by atoms with van der Waals surface area (Å²) in [5.74, 6) is 0.843. The van der Waals surface area contributed by atoms with Crippen molar-refractivity contribution in [2.45, 2.75) is 53.0 Å². The second-order valence-corrected chi connectivity index (χ2v) is 12.3. The number of rotatable bonds is 13. The van der Waals surface area contributed by atoms with Crippen LogP contribution in [0, 0.1) is 12.8 Å². The lowest BCUT2D eigenvalue weighted by Gasteiger charge is -2.17. The van der Waals surface area contributed by atoms with Gasteiger partial charge >= 0.3 is 0 Å². The predicted octanol–water partition coefficient (Wildman–Crippen LogP) is 9.30. The molecule has 0 fully saturated rings. The normalized spacial score (nSPS) is 12.6. The number of aliphatic hydroxyl groups is 1. The Hall–Kier alpha value is -4.94. The molecule has 0 aliphatic rings. The van der Waals surface area contributed by atoms with Gasteiger partial charge in [-0.25, -0.2) is 0 Å². The lowest BCUT2D eigenvalue weighted by molar-refractivity contribution is 0.103. The number of aryl methyl sites for hydroxylation is 1. The first-order valence-electron chi connectivity index (χ1n) is 16.6.